The summed E-state index contributed by atoms with van der Waals surface area (Å²) in [6.45, 7) is 10.0. The SMILES string of the molecule is CCNCc1ccc(Br)cc1N1CCC(C)CC1C. The Labute approximate surface area is 125 Å². The van der Waals surface area contributed by atoms with Gasteiger partial charge in [-0.05, 0) is 49.9 Å². The van der Waals surface area contributed by atoms with E-state index in [1.165, 1.54) is 35.1 Å². The molecule has 0 saturated carbocycles. The van der Waals surface area contributed by atoms with Gasteiger partial charge in [0.1, 0.15) is 0 Å². The Morgan fingerprint density at radius 3 is 2.84 bits per heavy atom. The van der Waals surface area contributed by atoms with Gasteiger partial charge < -0.3 is 10.2 Å². The molecule has 1 aliphatic rings. The topological polar surface area (TPSA) is 15.3 Å². The van der Waals surface area contributed by atoms with Gasteiger partial charge in [0.2, 0.25) is 0 Å². The number of anilines is 1. The van der Waals surface area contributed by atoms with Crippen molar-refractivity contribution in [3.05, 3.63) is 28.2 Å². The molecule has 1 N–H and O–H groups in total. The van der Waals surface area contributed by atoms with E-state index in [0.717, 1.165) is 19.0 Å². The van der Waals surface area contributed by atoms with Crippen LogP contribution in [0.25, 0.3) is 0 Å². The first-order chi connectivity index (χ1) is 9.11. The second kappa shape index (κ2) is 6.76. The van der Waals surface area contributed by atoms with Gasteiger partial charge in [0.05, 0.1) is 0 Å². The monoisotopic (exact) mass is 324 g/mol. The maximum atomic E-state index is 3.62. The summed E-state index contributed by atoms with van der Waals surface area (Å²) in [5.41, 5.74) is 2.81. The van der Waals surface area contributed by atoms with E-state index >= 15 is 0 Å². The lowest BCUT2D eigenvalue weighted by Crippen LogP contribution is -2.41. The summed E-state index contributed by atoms with van der Waals surface area (Å²) in [7, 11) is 0. The zero-order valence-electron chi connectivity index (χ0n) is 12.2. The second-order valence-corrected chi connectivity index (χ2v) is 6.64. The average Bonchev–Trinajstić information content (AvgIpc) is 2.37. The predicted molar refractivity (Wildman–Crippen MR) is 86.7 cm³/mol. The van der Waals surface area contributed by atoms with Crippen molar-refractivity contribution >= 4 is 21.6 Å². The van der Waals surface area contributed by atoms with Gasteiger partial charge in [-0.25, -0.2) is 0 Å². The highest BCUT2D eigenvalue weighted by molar-refractivity contribution is 9.10. The molecule has 0 bridgehead atoms. The molecular formula is C16H25BrN2. The molecule has 3 heteroatoms. The maximum absolute atomic E-state index is 3.62. The number of benzene rings is 1. The third kappa shape index (κ3) is 3.73. The highest BCUT2D eigenvalue weighted by atomic mass is 79.9. The van der Waals surface area contributed by atoms with E-state index in [4.69, 9.17) is 0 Å². The fourth-order valence-corrected chi connectivity index (χ4v) is 3.33. The van der Waals surface area contributed by atoms with E-state index in [1.807, 2.05) is 0 Å². The number of hydrogen-bond donors (Lipinski definition) is 1. The van der Waals surface area contributed by atoms with Crippen molar-refractivity contribution in [3.63, 3.8) is 0 Å². The molecule has 1 aliphatic heterocycles. The van der Waals surface area contributed by atoms with Crippen molar-refractivity contribution in [2.75, 3.05) is 18.0 Å². The Bertz CT molecular complexity index is 419. The Morgan fingerprint density at radius 1 is 1.37 bits per heavy atom. The summed E-state index contributed by atoms with van der Waals surface area (Å²) in [4.78, 5) is 2.58. The van der Waals surface area contributed by atoms with Gasteiger partial charge >= 0.3 is 0 Å². The minimum atomic E-state index is 0.637. The largest absolute Gasteiger partial charge is 0.369 e. The lowest BCUT2D eigenvalue weighted by Gasteiger charge is -2.39. The van der Waals surface area contributed by atoms with Gasteiger partial charge in [-0.2, -0.15) is 0 Å². The van der Waals surface area contributed by atoms with Crippen molar-refractivity contribution in [1.82, 2.24) is 5.32 Å². The highest BCUT2D eigenvalue weighted by Gasteiger charge is 2.24. The molecule has 1 heterocycles. The minimum Gasteiger partial charge on any atom is -0.369 e. The zero-order valence-corrected chi connectivity index (χ0v) is 13.8. The summed E-state index contributed by atoms with van der Waals surface area (Å²) in [5, 5.41) is 3.45. The van der Waals surface area contributed by atoms with Gasteiger partial charge in [0.25, 0.3) is 0 Å². The van der Waals surface area contributed by atoms with Crippen LogP contribution in [0.4, 0.5) is 5.69 Å². The first-order valence-corrected chi connectivity index (χ1v) is 8.17. The molecule has 2 rings (SSSR count). The lowest BCUT2D eigenvalue weighted by molar-refractivity contribution is 0.377. The van der Waals surface area contributed by atoms with Gasteiger partial charge in [0, 0.05) is 29.3 Å². The normalized spacial score (nSPS) is 23.7. The standard InChI is InChI=1S/C16H25BrN2/c1-4-18-11-14-5-6-15(17)10-16(14)19-8-7-12(2)9-13(19)3/h5-6,10,12-13,18H,4,7-9,11H2,1-3H3. The van der Waals surface area contributed by atoms with E-state index in [9.17, 15) is 0 Å². The Balaban J connectivity index is 2.23. The van der Waals surface area contributed by atoms with Crippen LogP contribution in [0.3, 0.4) is 0 Å². The van der Waals surface area contributed by atoms with E-state index in [-0.39, 0.29) is 0 Å². The maximum Gasteiger partial charge on any atom is 0.0425 e. The molecule has 2 unspecified atom stereocenters. The summed E-state index contributed by atoms with van der Waals surface area (Å²) >= 11 is 3.62. The fourth-order valence-electron chi connectivity index (χ4n) is 2.98. The van der Waals surface area contributed by atoms with Crippen LogP contribution in [0.5, 0.6) is 0 Å². The molecule has 0 radical (unpaired) electrons. The quantitative estimate of drug-likeness (QED) is 0.893. The average molecular weight is 325 g/mol. The van der Waals surface area contributed by atoms with E-state index in [2.05, 4.69) is 65.1 Å². The third-order valence-electron chi connectivity index (χ3n) is 4.06. The van der Waals surface area contributed by atoms with Crippen LogP contribution >= 0.6 is 15.9 Å². The summed E-state index contributed by atoms with van der Waals surface area (Å²) < 4.78 is 1.17. The van der Waals surface area contributed by atoms with Gasteiger partial charge in [-0.15, -0.1) is 0 Å². The molecule has 1 fully saturated rings. The Morgan fingerprint density at radius 2 is 2.16 bits per heavy atom. The predicted octanol–water partition coefficient (Wildman–Crippen LogP) is 4.18. The first kappa shape index (κ1) is 14.9. The molecule has 106 valence electrons. The van der Waals surface area contributed by atoms with E-state index < -0.39 is 0 Å². The van der Waals surface area contributed by atoms with Crippen LogP contribution in [-0.2, 0) is 6.54 Å². The molecule has 2 atom stereocenters. The molecule has 0 aliphatic carbocycles. The van der Waals surface area contributed by atoms with Crippen LogP contribution in [0.1, 0.15) is 39.2 Å². The van der Waals surface area contributed by atoms with Crippen LogP contribution < -0.4 is 10.2 Å². The van der Waals surface area contributed by atoms with Crippen LogP contribution in [0, 0.1) is 5.92 Å². The molecule has 0 amide bonds. The van der Waals surface area contributed by atoms with E-state index in [0.29, 0.717) is 6.04 Å². The van der Waals surface area contributed by atoms with Gasteiger partial charge in [-0.1, -0.05) is 35.8 Å². The van der Waals surface area contributed by atoms with Gasteiger partial charge in [0.15, 0.2) is 0 Å². The molecule has 0 aromatic heterocycles. The van der Waals surface area contributed by atoms with E-state index in [1.54, 1.807) is 0 Å². The molecule has 1 aromatic carbocycles. The summed E-state index contributed by atoms with van der Waals surface area (Å²) in [5.74, 6) is 0.857. The number of piperidine rings is 1. The molecule has 19 heavy (non-hydrogen) atoms. The zero-order chi connectivity index (χ0) is 13.8. The molecule has 1 aromatic rings. The molecule has 0 spiro atoms. The molecular weight excluding hydrogens is 300 g/mol. The third-order valence-corrected chi connectivity index (χ3v) is 4.55. The number of halogens is 1. The fraction of sp³-hybridized carbons (Fsp3) is 0.625. The van der Waals surface area contributed by atoms with Crippen molar-refractivity contribution in [2.45, 2.75) is 46.2 Å². The first-order valence-electron chi connectivity index (χ1n) is 7.37. The van der Waals surface area contributed by atoms with Crippen LogP contribution in [0.2, 0.25) is 0 Å². The Hall–Kier alpha value is -0.540. The van der Waals surface area contributed by atoms with Crippen LogP contribution in [-0.4, -0.2) is 19.1 Å². The summed E-state index contributed by atoms with van der Waals surface area (Å²) in [6, 6.07) is 7.30. The summed E-state index contributed by atoms with van der Waals surface area (Å²) in [6.07, 6.45) is 2.60. The van der Waals surface area contributed by atoms with Gasteiger partial charge in [-0.3, -0.25) is 0 Å². The van der Waals surface area contributed by atoms with Crippen molar-refractivity contribution in [3.8, 4) is 0 Å². The Kier molecular flexibility index (Phi) is 5.28. The second-order valence-electron chi connectivity index (χ2n) is 5.73. The number of hydrogen-bond acceptors (Lipinski definition) is 2. The van der Waals surface area contributed by atoms with Crippen molar-refractivity contribution < 1.29 is 0 Å². The lowest BCUT2D eigenvalue weighted by atomic mass is 9.92. The smallest absolute Gasteiger partial charge is 0.0425 e. The van der Waals surface area contributed by atoms with Crippen molar-refractivity contribution in [1.29, 1.82) is 0 Å². The minimum absolute atomic E-state index is 0.637. The molecule has 1 saturated heterocycles. The highest BCUT2D eigenvalue weighted by Crippen LogP contribution is 2.32. The number of rotatable bonds is 4. The number of nitrogens with zero attached hydrogens (tertiary/aromatic N) is 1. The number of nitrogens with one attached hydrogen (secondary N) is 1. The van der Waals surface area contributed by atoms with Crippen molar-refractivity contribution in [2.24, 2.45) is 5.92 Å². The molecule has 2 nitrogen and oxygen atoms in total. The van der Waals surface area contributed by atoms with Crippen LogP contribution in [0.15, 0.2) is 22.7 Å².